The average Bonchev–Trinajstić information content (AvgIpc) is 2.92. The molecule has 3 rings (SSSR count). The molecular weight excluding hydrogens is 585 g/mol. The Morgan fingerprint density at radius 1 is 0.951 bits per heavy atom. The molecule has 2 amide bonds. The Bertz CT molecular complexity index is 1480. The predicted octanol–water partition coefficient (Wildman–Crippen LogP) is 5.92. The molecule has 1 N–H and O–H groups in total. The number of nitrogens with one attached hydrogen (secondary N) is 1. The summed E-state index contributed by atoms with van der Waals surface area (Å²) in [7, 11) is -2.79. The summed E-state index contributed by atoms with van der Waals surface area (Å²) in [5.41, 5.74) is 0.265. The monoisotopic (exact) mass is 619 g/mol. The lowest BCUT2D eigenvalue weighted by molar-refractivity contribution is -0.141. The third-order valence-corrected chi connectivity index (χ3v) is 8.70. The molecule has 220 valence electrons. The van der Waals surface area contributed by atoms with E-state index >= 15 is 0 Å². The highest BCUT2D eigenvalue weighted by Gasteiger charge is 2.35. The number of ether oxygens (including phenoxy) is 1. The van der Waals surface area contributed by atoms with Gasteiger partial charge < -0.3 is 15.0 Å². The number of hydrogen-bond donors (Lipinski definition) is 1. The maximum Gasteiger partial charge on any atom is 0.264 e. The molecule has 0 aliphatic heterocycles. The Morgan fingerprint density at radius 3 is 2.17 bits per heavy atom. The summed E-state index contributed by atoms with van der Waals surface area (Å²) in [4.78, 5) is 29.0. The lowest BCUT2D eigenvalue weighted by Crippen LogP contribution is -2.55. The van der Waals surface area contributed by atoms with Crippen LogP contribution in [0.5, 0.6) is 5.75 Å². The largest absolute Gasteiger partial charge is 0.495 e. The van der Waals surface area contributed by atoms with Gasteiger partial charge in [-0.1, -0.05) is 66.5 Å². The molecule has 41 heavy (non-hydrogen) atoms. The standard InChI is InChI=1S/C30H35Cl2N3O5S/c1-6-25(29(37)33-30(2,3)4)34(19-21-16-17-23(31)24(32)18-21)28(36)20-35(26-14-10-11-15-27(26)40-5)41(38,39)22-12-8-7-9-13-22/h7-18,25H,6,19-20H2,1-5H3,(H,33,37)/t25-/m1/s1. The Kier molecular flexibility index (Phi) is 10.7. The van der Waals surface area contributed by atoms with Crippen molar-refractivity contribution in [3.05, 3.63) is 88.4 Å². The third kappa shape index (κ3) is 8.15. The molecule has 0 saturated heterocycles. The van der Waals surface area contributed by atoms with Crippen molar-refractivity contribution in [2.45, 2.75) is 57.1 Å². The summed E-state index contributed by atoms with van der Waals surface area (Å²) in [5, 5.41) is 3.59. The van der Waals surface area contributed by atoms with Gasteiger partial charge in [-0.15, -0.1) is 0 Å². The van der Waals surface area contributed by atoms with E-state index in [0.29, 0.717) is 15.6 Å². The Hall–Kier alpha value is -3.27. The molecule has 0 fully saturated rings. The summed E-state index contributed by atoms with van der Waals surface area (Å²) in [6, 6.07) is 18.4. The first-order valence-corrected chi connectivity index (χ1v) is 15.2. The molecule has 8 nitrogen and oxygen atoms in total. The fourth-order valence-electron chi connectivity index (χ4n) is 4.28. The zero-order chi connectivity index (χ0) is 30.4. The number of methoxy groups -OCH3 is 1. The van der Waals surface area contributed by atoms with Crippen molar-refractivity contribution in [3.8, 4) is 5.75 Å². The Balaban J connectivity index is 2.11. The number of nitrogens with zero attached hydrogens (tertiary/aromatic N) is 2. The molecule has 3 aromatic carbocycles. The smallest absolute Gasteiger partial charge is 0.264 e. The molecule has 0 heterocycles. The van der Waals surface area contributed by atoms with Crippen molar-refractivity contribution in [1.29, 1.82) is 0 Å². The van der Waals surface area contributed by atoms with Gasteiger partial charge in [0.25, 0.3) is 10.0 Å². The summed E-state index contributed by atoms with van der Waals surface area (Å²) >= 11 is 12.4. The molecule has 1 atom stereocenters. The zero-order valence-corrected chi connectivity index (χ0v) is 26.1. The van der Waals surface area contributed by atoms with Crippen LogP contribution in [0.2, 0.25) is 10.0 Å². The summed E-state index contributed by atoms with van der Waals surface area (Å²) in [6.07, 6.45) is 0.287. The number of amides is 2. The predicted molar refractivity (Wildman–Crippen MR) is 163 cm³/mol. The van der Waals surface area contributed by atoms with E-state index in [2.05, 4.69) is 5.32 Å². The molecular formula is C30H35Cl2N3O5S. The van der Waals surface area contributed by atoms with Gasteiger partial charge in [0, 0.05) is 12.1 Å². The van der Waals surface area contributed by atoms with Gasteiger partial charge >= 0.3 is 0 Å². The van der Waals surface area contributed by atoms with Gasteiger partial charge in [-0.05, 0) is 69.2 Å². The first-order chi connectivity index (χ1) is 19.3. The number of carbonyl (C=O) groups excluding carboxylic acids is 2. The summed E-state index contributed by atoms with van der Waals surface area (Å²) < 4.78 is 34.4. The molecule has 0 saturated carbocycles. The van der Waals surface area contributed by atoms with Gasteiger partial charge in [0.1, 0.15) is 18.3 Å². The molecule has 0 radical (unpaired) electrons. The van der Waals surface area contributed by atoms with Crippen LogP contribution in [-0.2, 0) is 26.2 Å². The average molecular weight is 621 g/mol. The zero-order valence-electron chi connectivity index (χ0n) is 23.7. The normalized spacial score (nSPS) is 12.4. The van der Waals surface area contributed by atoms with E-state index < -0.39 is 34.1 Å². The molecule has 11 heteroatoms. The molecule has 0 bridgehead atoms. The molecule has 3 aromatic rings. The molecule has 0 aromatic heterocycles. The number of para-hydroxylation sites is 2. The first kappa shape index (κ1) is 32.2. The van der Waals surface area contributed by atoms with Gasteiger partial charge in [0.05, 0.1) is 27.7 Å². The maximum absolute atomic E-state index is 14.2. The quantitative estimate of drug-likeness (QED) is 0.287. The van der Waals surface area contributed by atoms with Crippen LogP contribution in [-0.4, -0.2) is 50.4 Å². The maximum atomic E-state index is 14.2. The van der Waals surface area contributed by atoms with Crippen LogP contribution in [0.3, 0.4) is 0 Å². The SMILES string of the molecule is CC[C@H](C(=O)NC(C)(C)C)N(Cc1ccc(Cl)c(Cl)c1)C(=O)CN(c1ccccc1OC)S(=O)(=O)c1ccccc1. The van der Waals surface area contributed by atoms with E-state index in [1.165, 1.54) is 24.1 Å². The van der Waals surface area contributed by atoms with Crippen molar-refractivity contribution in [2.75, 3.05) is 18.0 Å². The fraction of sp³-hybridized carbons (Fsp3) is 0.333. The second kappa shape index (κ2) is 13.6. The second-order valence-corrected chi connectivity index (χ2v) is 13.1. The lowest BCUT2D eigenvalue weighted by atomic mass is 10.1. The number of anilines is 1. The number of carbonyl (C=O) groups is 2. The summed E-state index contributed by atoms with van der Waals surface area (Å²) in [6.45, 7) is 6.74. The number of hydrogen-bond acceptors (Lipinski definition) is 5. The van der Waals surface area contributed by atoms with Crippen LogP contribution in [0.25, 0.3) is 0 Å². The van der Waals surface area contributed by atoms with E-state index in [4.69, 9.17) is 27.9 Å². The van der Waals surface area contributed by atoms with Crippen molar-refractivity contribution in [3.63, 3.8) is 0 Å². The van der Waals surface area contributed by atoms with Crippen LogP contribution in [0.4, 0.5) is 5.69 Å². The lowest BCUT2D eigenvalue weighted by Gasteiger charge is -2.35. The minimum atomic E-state index is -4.22. The van der Waals surface area contributed by atoms with Crippen molar-refractivity contribution < 1.29 is 22.7 Å². The summed E-state index contributed by atoms with van der Waals surface area (Å²) in [5.74, 6) is -0.672. The van der Waals surface area contributed by atoms with Gasteiger partial charge in [0.2, 0.25) is 11.8 Å². The second-order valence-electron chi connectivity index (χ2n) is 10.4. The van der Waals surface area contributed by atoms with Gasteiger partial charge in [-0.3, -0.25) is 13.9 Å². The topological polar surface area (TPSA) is 96.0 Å². The van der Waals surface area contributed by atoms with Crippen molar-refractivity contribution in [1.82, 2.24) is 10.2 Å². The van der Waals surface area contributed by atoms with Crippen molar-refractivity contribution >= 4 is 50.7 Å². The van der Waals surface area contributed by atoms with Gasteiger partial charge in [0.15, 0.2) is 0 Å². The van der Waals surface area contributed by atoms with Gasteiger partial charge in [-0.2, -0.15) is 0 Å². The Morgan fingerprint density at radius 2 is 1.59 bits per heavy atom. The van der Waals surface area contributed by atoms with Crippen LogP contribution in [0.15, 0.2) is 77.7 Å². The molecule has 0 aliphatic rings. The third-order valence-electron chi connectivity index (χ3n) is 6.18. The van der Waals surface area contributed by atoms with E-state index in [1.54, 1.807) is 67.6 Å². The van der Waals surface area contributed by atoms with Crippen molar-refractivity contribution in [2.24, 2.45) is 0 Å². The number of sulfonamides is 1. The van der Waals surface area contributed by atoms with E-state index in [0.717, 1.165) is 4.31 Å². The number of benzene rings is 3. The van der Waals surface area contributed by atoms with Crippen LogP contribution in [0.1, 0.15) is 39.7 Å². The van der Waals surface area contributed by atoms with Crippen LogP contribution >= 0.6 is 23.2 Å². The minimum absolute atomic E-state index is 0.00303. The fourth-order valence-corrected chi connectivity index (χ4v) is 6.04. The van der Waals surface area contributed by atoms with Crippen LogP contribution < -0.4 is 14.4 Å². The minimum Gasteiger partial charge on any atom is -0.495 e. The van der Waals surface area contributed by atoms with Gasteiger partial charge in [-0.25, -0.2) is 8.42 Å². The highest BCUT2D eigenvalue weighted by atomic mass is 35.5. The highest BCUT2D eigenvalue weighted by molar-refractivity contribution is 7.92. The number of rotatable bonds is 11. The van der Waals surface area contributed by atoms with E-state index in [-0.39, 0.29) is 35.2 Å². The molecule has 0 spiro atoms. The van der Waals surface area contributed by atoms with E-state index in [9.17, 15) is 18.0 Å². The number of halogens is 2. The Labute approximate surface area is 252 Å². The first-order valence-electron chi connectivity index (χ1n) is 13.0. The molecule has 0 unspecified atom stereocenters. The molecule has 0 aliphatic carbocycles. The highest BCUT2D eigenvalue weighted by Crippen LogP contribution is 2.33. The van der Waals surface area contributed by atoms with Crippen LogP contribution in [0, 0.1) is 0 Å². The van der Waals surface area contributed by atoms with E-state index in [1.807, 2.05) is 20.8 Å².